The van der Waals surface area contributed by atoms with Crippen molar-refractivity contribution >= 4 is 17.3 Å². The van der Waals surface area contributed by atoms with E-state index in [1.165, 1.54) is 12.1 Å². The van der Waals surface area contributed by atoms with Crippen LogP contribution in [0.5, 0.6) is 0 Å². The predicted octanol–water partition coefficient (Wildman–Crippen LogP) is 4.66. The first-order valence-electron chi connectivity index (χ1n) is 5.92. The lowest BCUT2D eigenvalue weighted by molar-refractivity contribution is 0.577. The second-order valence-corrected chi connectivity index (χ2v) is 4.78. The maximum absolute atomic E-state index is 13.2. The molecule has 0 aliphatic heterocycles. The summed E-state index contributed by atoms with van der Waals surface area (Å²) in [5, 5.41) is 12.3. The van der Waals surface area contributed by atoms with Gasteiger partial charge in [0.2, 0.25) is 0 Å². The zero-order valence-electron chi connectivity index (χ0n) is 10.6. The molecule has 0 aliphatic rings. The Bertz CT molecular complexity index is 660. The highest BCUT2D eigenvalue weighted by molar-refractivity contribution is 6.33. The van der Waals surface area contributed by atoms with Crippen LogP contribution >= 0.6 is 11.6 Å². The molecule has 20 heavy (non-hydrogen) atoms. The summed E-state index contributed by atoms with van der Waals surface area (Å²) in [7, 11) is 0. The zero-order valence-corrected chi connectivity index (χ0v) is 11.4. The van der Waals surface area contributed by atoms with Crippen LogP contribution < -0.4 is 5.32 Å². The van der Waals surface area contributed by atoms with Gasteiger partial charge in [0.1, 0.15) is 11.6 Å². The van der Waals surface area contributed by atoms with Gasteiger partial charge in [0.05, 0.1) is 22.3 Å². The SMILES string of the molecule is CC(Nc1cc(C#N)ccc1Cl)c1cc(F)cc(F)c1. The molecule has 102 valence electrons. The number of hydrogen-bond donors (Lipinski definition) is 1. The number of rotatable bonds is 3. The van der Waals surface area contributed by atoms with Crippen LogP contribution in [0.4, 0.5) is 14.5 Å². The molecule has 2 rings (SSSR count). The van der Waals surface area contributed by atoms with Crippen molar-refractivity contribution in [3.8, 4) is 6.07 Å². The van der Waals surface area contributed by atoms with Crippen LogP contribution in [0.25, 0.3) is 0 Å². The molecule has 5 heteroatoms. The van der Waals surface area contributed by atoms with Gasteiger partial charge in [-0.1, -0.05) is 11.6 Å². The fourth-order valence-corrected chi connectivity index (χ4v) is 2.02. The van der Waals surface area contributed by atoms with Crippen LogP contribution in [-0.2, 0) is 0 Å². The standard InChI is InChI=1S/C15H11ClF2N2/c1-9(11-5-12(17)7-13(18)6-11)20-15-4-10(8-19)2-3-14(15)16/h2-7,9,20H,1H3. The number of halogens is 3. The number of benzene rings is 2. The van der Waals surface area contributed by atoms with Gasteiger partial charge in [0.25, 0.3) is 0 Å². The van der Waals surface area contributed by atoms with Gasteiger partial charge in [0, 0.05) is 12.1 Å². The fraction of sp³-hybridized carbons (Fsp3) is 0.133. The van der Waals surface area contributed by atoms with E-state index < -0.39 is 11.6 Å². The van der Waals surface area contributed by atoms with E-state index in [0.29, 0.717) is 21.8 Å². The van der Waals surface area contributed by atoms with E-state index in [0.717, 1.165) is 6.07 Å². The van der Waals surface area contributed by atoms with Crippen LogP contribution in [0.3, 0.4) is 0 Å². The van der Waals surface area contributed by atoms with Crippen molar-refractivity contribution < 1.29 is 8.78 Å². The van der Waals surface area contributed by atoms with Crippen molar-refractivity contribution in [2.75, 3.05) is 5.32 Å². The molecule has 2 nitrogen and oxygen atoms in total. The minimum Gasteiger partial charge on any atom is -0.377 e. The largest absolute Gasteiger partial charge is 0.377 e. The first-order valence-corrected chi connectivity index (χ1v) is 6.29. The van der Waals surface area contributed by atoms with Crippen LogP contribution in [0.2, 0.25) is 5.02 Å². The third kappa shape index (κ3) is 3.25. The topological polar surface area (TPSA) is 35.8 Å². The highest BCUT2D eigenvalue weighted by atomic mass is 35.5. The Morgan fingerprint density at radius 1 is 1.15 bits per heavy atom. The van der Waals surface area contributed by atoms with Gasteiger partial charge in [-0.2, -0.15) is 5.26 Å². The third-order valence-electron chi connectivity index (χ3n) is 2.85. The van der Waals surface area contributed by atoms with E-state index >= 15 is 0 Å². The predicted molar refractivity (Wildman–Crippen MR) is 74.6 cm³/mol. The second kappa shape index (κ2) is 5.89. The van der Waals surface area contributed by atoms with Gasteiger partial charge in [-0.25, -0.2) is 8.78 Å². The number of nitrogens with zero attached hydrogens (tertiary/aromatic N) is 1. The summed E-state index contributed by atoms with van der Waals surface area (Å²) in [4.78, 5) is 0. The van der Waals surface area contributed by atoms with Crippen molar-refractivity contribution in [2.24, 2.45) is 0 Å². The Hall–Kier alpha value is -2.12. The molecule has 2 aromatic rings. The first kappa shape index (κ1) is 14.3. The Balaban J connectivity index is 2.27. The highest BCUT2D eigenvalue weighted by Gasteiger charge is 2.11. The monoisotopic (exact) mass is 292 g/mol. The molecule has 2 aromatic carbocycles. The Morgan fingerprint density at radius 2 is 1.80 bits per heavy atom. The van der Waals surface area contributed by atoms with Crippen molar-refractivity contribution in [3.63, 3.8) is 0 Å². The number of nitrogens with one attached hydrogen (secondary N) is 1. The van der Waals surface area contributed by atoms with Crippen LogP contribution in [-0.4, -0.2) is 0 Å². The van der Waals surface area contributed by atoms with Crippen LogP contribution in [0, 0.1) is 23.0 Å². The summed E-state index contributed by atoms with van der Waals surface area (Å²) in [6.07, 6.45) is 0. The minimum absolute atomic E-state index is 0.355. The molecule has 0 radical (unpaired) electrons. The van der Waals surface area contributed by atoms with Gasteiger partial charge < -0.3 is 5.32 Å². The molecule has 0 heterocycles. The van der Waals surface area contributed by atoms with E-state index in [1.807, 2.05) is 6.07 Å². The maximum atomic E-state index is 13.2. The van der Waals surface area contributed by atoms with Crippen molar-refractivity contribution in [3.05, 3.63) is 64.2 Å². The van der Waals surface area contributed by atoms with Crippen LogP contribution in [0.15, 0.2) is 36.4 Å². The van der Waals surface area contributed by atoms with Crippen LogP contribution in [0.1, 0.15) is 24.1 Å². The summed E-state index contributed by atoms with van der Waals surface area (Å²) in [5.74, 6) is -1.27. The van der Waals surface area contributed by atoms with E-state index in [9.17, 15) is 8.78 Å². The van der Waals surface area contributed by atoms with Gasteiger partial charge in [-0.05, 0) is 42.8 Å². The molecule has 0 spiro atoms. The fourth-order valence-electron chi connectivity index (χ4n) is 1.85. The van der Waals surface area contributed by atoms with Gasteiger partial charge >= 0.3 is 0 Å². The third-order valence-corrected chi connectivity index (χ3v) is 3.18. The van der Waals surface area contributed by atoms with Gasteiger partial charge in [0.15, 0.2) is 0 Å². The number of anilines is 1. The molecule has 1 atom stereocenters. The Labute approximate surface area is 120 Å². The lowest BCUT2D eigenvalue weighted by Crippen LogP contribution is -2.08. The van der Waals surface area contributed by atoms with E-state index in [-0.39, 0.29) is 6.04 Å². The highest BCUT2D eigenvalue weighted by Crippen LogP contribution is 2.27. The smallest absolute Gasteiger partial charge is 0.126 e. The summed E-state index contributed by atoms with van der Waals surface area (Å²) in [6.45, 7) is 1.75. The minimum atomic E-state index is -0.634. The molecule has 1 unspecified atom stereocenters. The molecule has 0 amide bonds. The quantitative estimate of drug-likeness (QED) is 0.893. The molecular weight excluding hydrogens is 282 g/mol. The van der Waals surface area contributed by atoms with Crippen molar-refractivity contribution in [2.45, 2.75) is 13.0 Å². The van der Waals surface area contributed by atoms with Crippen molar-refractivity contribution in [1.82, 2.24) is 0 Å². The molecule has 0 aromatic heterocycles. The summed E-state index contributed by atoms with van der Waals surface area (Å²) < 4.78 is 26.4. The molecule has 0 saturated heterocycles. The molecule has 1 N–H and O–H groups in total. The number of nitriles is 1. The molecule has 0 bridgehead atoms. The average Bonchev–Trinajstić information content (AvgIpc) is 2.40. The Kier molecular flexibility index (Phi) is 4.21. The normalized spacial score (nSPS) is 11.8. The molecule has 0 fully saturated rings. The van der Waals surface area contributed by atoms with Crippen molar-refractivity contribution in [1.29, 1.82) is 5.26 Å². The molecule has 0 aliphatic carbocycles. The Morgan fingerprint density at radius 3 is 2.40 bits per heavy atom. The summed E-state index contributed by atoms with van der Waals surface area (Å²) >= 11 is 6.03. The van der Waals surface area contributed by atoms with E-state index in [1.54, 1.807) is 25.1 Å². The lowest BCUT2D eigenvalue weighted by Gasteiger charge is -2.17. The van der Waals surface area contributed by atoms with Gasteiger partial charge in [-0.15, -0.1) is 0 Å². The summed E-state index contributed by atoms with van der Waals surface area (Å²) in [6, 6.07) is 9.76. The average molecular weight is 293 g/mol. The number of hydrogen-bond acceptors (Lipinski definition) is 2. The maximum Gasteiger partial charge on any atom is 0.126 e. The molecule has 0 saturated carbocycles. The van der Waals surface area contributed by atoms with Gasteiger partial charge in [-0.3, -0.25) is 0 Å². The van der Waals surface area contributed by atoms with E-state index in [2.05, 4.69) is 5.32 Å². The lowest BCUT2D eigenvalue weighted by atomic mass is 10.1. The zero-order chi connectivity index (χ0) is 14.7. The molecular formula is C15H11ClF2N2. The second-order valence-electron chi connectivity index (χ2n) is 4.38. The van der Waals surface area contributed by atoms with E-state index in [4.69, 9.17) is 16.9 Å². The first-order chi connectivity index (χ1) is 9.49. The summed E-state index contributed by atoms with van der Waals surface area (Å²) in [5.41, 5.74) is 1.46.